The van der Waals surface area contributed by atoms with Gasteiger partial charge in [-0.05, 0) is 38.4 Å². The SMILES string of the molecule is Cc1cc(C2CCCN2Cc2cc3cc4c(cc3[nH]c2=O)OCO4)on1. The molecule has 1 saturated heterocycles. The summed E-state index contributed by atoms with van der Waals surface area (Å²) in [4.78, 5) is 17.8. The minimum Gasteiger partial charge on any atom is -0.454 e. The van der Waals surface area contributed by atoms with Gasteiger partial charge in [0.15, 0.2) is 17.3 Å². The molecule has 1 atom stereocenters. The lowest BCUT2D eigenvalue weighted by Crippen LogP contribution is -2.26. The van der Waals surface area contributed by atoms with Gasteiger partial charge in [0.1, 0.15) is 0 Å². The van der Waals surface area contributed by atoms with Gasteiger partial charge in [-0.3, -0.25) is 9.69 Å². The molecule has 0 amide bonds. The van der Waals surface area contributed by atoms with Crippen molar-refractivity contribution in [1.82, 2.24) is 15.0 Å². The molecule has 134 valence electrons. The van der Waals surface area contributed by atoms with E-state index in [0.29, 0.717) is 18.0 Å². The fraction of sp³-hybridized carbons (Fsp3) is 0.368. The summed E-state index contributed by atoms with van der Waals surface area (Å²) in [5.74, 6) is 2.26. The molecular weight excluding hydrogens is 334 g/mol. The molecule has 0 bridgehead atoms. The van der Waals surface area contributed by atoms with Crippen molar-refractivity contribution in [2.45, 2.75) is 32.4 Å². The van der Waals surface area contributed by atoms with Crippen molar-refractivity contribution in [3.63, 3.8) is 0 Å². The van der Waals surface area contributed by atoms with E-state index in [0.717, 1.165) is 47.3 Å². The highest BCUT2D eigenvalue weighted by atomic mass is 16.7. The quantitative estimate of drug-likeness (QED) is 0.780. The maximum Gasteiger partial charge on any atom is 0.252 e. The number of pyridine rings is 1. The molecule has 5 rings (SSSR count). The Balaban J connectivity index is 1.48. The molecule has 26 heavy (non-hydrogen) atoms. The third kappa shape index (κ3) is 2.55. The third-order valence-electron chi connectivity index (χ3n) is 5.13. The van der Waals surface area contributed by atoms with E-state index >= 15 is 0 Å². The van der Waals surface area contributed by atoms with Gasteiger partial charge in [0.25, 0.3) is 5.56 Å². The molecule has 7 heteroatoms. The van der Waals surface area contributed by atoms with Gasteiger partial charge in [0.05, 0.1) is 17.3 Å². The first kappa shape index (κ1) is 15.5. The summed E-state index contributed by atoms with van der Waals surface area (Å²) in [6.45, 7) is 3.65. The molecule has 4 heterocycles. The van der Waals surface area contributed by atoms with E-state index in [1.54, 1.807) is 0 Å². The molecule has 1 fully saturated rings. The minimum atomic E-state index is -0.0734. The Labute approximate surface area is 149 Å². The molecule has 1 unspecified atom stereocenters. The molecule has 0 aliphatic carbocycles. The second-order valence-electron chi connectivity index (χ2n) is 6.92. The van der Waals surface area contributed by atoms with Crippen LogP contribution in [0.1, 0.15) is 35.9 Å². The number of fused-ring (bicyclic) bond motifs is 2. The van der Waals surface area contributed by atoms with Gasteiger partial charge in [0, 0.05) is 29.6 Å². The van der Waals surface area contributed by atoms with Crippen LogP contribution in [0.25, 0.3) is 10.9 Å². The van der Waals surface area contributed by atoms with Gasteiger partial charge in [0.2, 0.25) is 6.79 Å². The fourth-order valence-corrected chi connectivity index (χ4v) is 3.86. The van der Waals surface area contributed by atoms with Crippen LogP contribution in [0, 0.1) is 6.92 Å². The maximum atomic E-state index is 12.6. The molecule has 0 radical (unpaired) electrons. The molecule has 2 aliphatic heterocycles. The zero-order valence-corrected chi connectivity index (χ0v) is 14.4. The lowest BCUT2D eigenvalue weighted by Gasteiger charge is -2.22. The van der Waals surface area contributed by atoms with Crippen LogP contribution in [0.15, 0.2) is 33.6 Å². The summed E-state index contributed by atoms with van der Waals surface area (Å²) in [6.07, 6.45) is 2.09. The average Bonchev–Trinajstić information content (AvgIpc) is 3.34. The number of nitrogens with zero attached hydrogens (tertiary/aromatic N) is 2. The van der Waals surface area contributed by atoms with Crippen LogP contribution in [-0.4, -0.2) is 28.4 Å². The maximum absolute atomic E-state index is 12.6. The van der Waals surface area contributed by atoms with E-state index < -0.39 is 0 Å². The Kier molecular flexibility index (Phi) is 3.49. The van der Waals surface area contributed by atoms with Crippen LogP contribution in [-0.2, 0) is 6.54 Å². The molecule has 7 nitrogen and oxygen atoms in total. The van der Waals surface area contributed by atoms with E-state index in [-0.39, 0.29) is 18.4 Å². The number of aromatic amines is 1. The number of likely N-dealkylation sites (tertiary alicyclic amines) is 1. The number of aryl methyl sites for hydroxylation is 1. The first-order valence-corrected chi connectivity index (χ1v) is 8.80. The van der Waals surface area contributed by atoms with Crippen LogP contribution in [0.2, 0.25) is 0 Å². The summed E-state index contributed by atoms with van der Waals surface area (Å²) < 4.78 is 16.3. The highest BCUT2D eigenvalue weighted by Crippen LogP contribution is 2.36. The smallest absolute Gasteiger partial charge is 0.252 e. The second-order valence-corrected chi connectivity index (χ2v) is 6.92. The van der Waals surface area contributed by atoms with Crippen molar-refractivity contribution in [2.24, 2.45) is 0 Å². The molecule has 1 aromatic carbocycles. The molecule has 2 aliphatic rings. The number of H-pyrrole nitrogens is 1. The number of hydrogen-bond donors (Lipinski definition) is 1. The number of nitrogens with one attached hydrogen (secondary N) is 1. The fourth-order valence-electron chi connectivity index (χ4n) is 3.86. The van der Waals surface area contributed by atoms with Crippen molar-refractivity contribution in [3.8, 4) is 11.5 Å². The molecule has 0 spiro atoms. The topological polar surface area (TPSA) is 80.6 Å². The normalized spacial score (nSPS) is 19.5. The molecule has 0 saturated carbocycles. The second kappa shape index (κ2) is 5.88. The lowest BCUT2D eigenvalue weighted by molar-refractivity contribution is 0.174. The standard InChI is InChI=1S/C19H19N3O4/c1-11-5-16(26-21-11)15-3-2-4-22(15)9-13-6-12-7-17-18(25-10-24-17)8-14(12)20-19(13)23/h5-8,15H,2-4,9-10H2,1H3,(H,20,23). The molecule has 3 aromatic rings. The van der Waals surface area contributed by atoms with Crippen LogP contribution >= 0.6 is 0 Å². The molecule has 1 N–H and O–H groups in total. The highest BCUT2D eigenvalue weighted by molar-refractivity contribution is 5.83. The average molecular weight is 353 g/mol. The Hall–Kier alpha value is -2.80. The molecule has 2 aromatic heterocycles. The van der Waals surface area contributed by atoms with Crippen molar-refractivity contribution in [2.75, 3.05) is 13.3 Å². The Morgan fingerprint density at radius 2 is 2.08 bits per heavy atom. The number of ether oxygens (including phenoxy) is 2. The van der Waals surface area contributed by atoms with Crippen LogP contribution in [0.4, 0.5) is 0 Å². The number of hydrogen-bond acceptors (Lipinski definition) is 6. The van der Waals surface area contributed by atoms with E-state index in [9.17, 15) is 4.79 Å². The van der Waals surface area contributed by atoms with Crippen molar-refractivity contribution < 1.29 is 14.0 Å². The van der Waals surface area contributed by atoms with Gasteiger partial charge < -0.3 is 19.0 Å². The monoisotopic (exact) mass is 353 g/mol. The van der Waals surface area contributed by atoms with E-state index in [2.05, 4.69) is 15.0 Å². The van der Waals surface area contributed by atoms with Crippen LogP contribution in [0.3, 0.4) is 0 Å². The lowest BCUT2D eigenvalue weighted by atomic mass is 10.1. The summed E-state index contributed by atoms with van der Waals surface area (Å²) in [5, 5.41) is 4.94. The summed E-state index contributed by atoms with van der Waals surface area (Å²) in [6, 6.07) is 7.82. The Bertz CT molecular complexity index is 1040. The van der Waals surface area contributed by atoms with Gasteiger partial charge in [-0.2, -0.15) is 0 Å². The van der Waals surface area contributed by atoms with Gasteiger partial charge in [-0.1, -0.05) is 5.16 Å². The highest BCUT2D eigenvalue weighted by Gasteiger charge is 2.29. The summed E-state index contributed by atoms with van der Waals surface area (Å²) in [5.41, 5.74) is 2.30. The predicted molar refractivity (Wildman–Crippen MR) is 94.3 cm³/mol. The number of benzene rings is 1. The zero-order chi connectivity index (χ0) is 17.7. The van der Waals surface area contributed by atoms with Crippen molar-refractivity contribution in [3.05, 3.63) is 51.6 Å². The third-order valence-corrected chi connectivity index (χ3v) is 5.13. The van der Waals surface area contributed by atoms with Gasteiger partial charge >= 0.3 is 0 Å². The Morgan fingerprint density at radius 3 is 2.88 bits per heavy atom. The predicted octanol–water partition coefficient (Wildman–Crippen LogP) is 2.89. The van der Waals surface area contributed by atoms with E-state index in [1.807, 2.05) is 31.2 Å². The first-order valence-electron chi connectivity index (χ1n) is 8.80. The number of aromatic nitrogens is 2. The van der Waals surface area contributed by atoms with Crippen molar-refractivity contribution >= 4 is 10.9 Å². The number of rotatable bonds is 3. The van der Waals surface area contributed by atoms with Gasteiger partial charge in [-0.25, -0.2) is 0 Å². The van der Waals surface area contributed by atoms with Crippen molar-refractivity contribution in [1.29, 1.82) is 0 Å². The molecular formula is C19H19N3O4. The summed E-state index contributed by atoms with van der Waals surface area (Å²) >= 11 is 0. The van der Waals surface area contributed by atoms with Crippen LogP contribution < -0.4 is 15.0 Å². The Morgan fingerprint density at radius 1 is 1.23 bits per heavy atom. The first-order chi connectivity index (χ1) is 12.7. The van der Waals surface area contributed by atoms with Crippen LogP contribution in [0.5, 0.6) is 11.5 Å². The largest absolute Gasteiger partial charge is 0.454 e. The van der Waals surface area contributed by atoms with E-state index in [4.69, 9.17) is 14.0 Å². The summed E-state index contributed by atoms with van der Waals surface area (Å²) in [7, 11) is 0. The van der Waals surface area contributed by atoms with Gasteiger partial charge in [-0.15, -0.1) is 0 Å². The zero-order valence-electron chi connectivity index (χ0n) is 14.4. The van der Waals surface area contributed by atoms with E-state index in [1.165, 1.54) is 0 Å². The minimum absolute atomic E-state index is 0.0734.